The average Bonchev–Trinajstić information content (AvgIpc) is 2.46. The molecule has 0 amide bonds. The summed E-state index contributed by atoms with van der Waals surface area (Å²) in [5.74, 6) is -0.311. The molecule has 1 heterocycles. The Morgan fingerprint density at radius 2 is 1.95 bits per heavy atom. The topological polar surface area (TPSA) is 24.9 Å². The summed E-state index contributed by atoms with van der Waals surface area (Å²) < 4.78 is 13.0. The van der Waals surface area contributed by atoms with Gasteiger partial charge < -0.3 is 5.32 Å². The average molecular weight is 293 g/mol. The van der Waals surface area contributed by atoms with Crippen molar-refractivity contribution in [3.63, 3.8) is 0 Å². The Hall–Kier alpha value is -1.45. The van der Waals surface area contributed by atoms with Gasteiger partial charge in [0, 0.05) is 5.02 Å². The van der Waals surface area contributed by atoms with Crippen LogP contribution in [0.25, 0.3) is 0 Å². The minimum Gasteiger partial charge on any atom is -0.308 e. The van der Waals surface area contributed by atoms with E-state index in [0.29, 0.717) is 0 Å². The summed E-state index contributed by atoms with van der Waals surface area (Å²) >= 11 is 5.90. The molecular weight excluding hydrogens is 275 g/mol. The molecule has 0 bridgehead atoms. The third kappa shape index (κ3) is 4.29. The van der Waals surface area contributed by atoms with Crippen LogP contribution in [0, 0.1) is 5.82 Å². The van der Waals surface area contributed by atoms with Crippen LogP contribution in [0.5, 0.6) is 0 Å². The first-order chi connectivity index (χ1) is 9.69. The van der Waals surface area contributed by atoms with E-state index in [9.17, 15) is 4.39 Å². The van der Waals surface area contributed by atoms with Gasteiger partial charge in [0.1, 0.15) is 5.82 Å². The molecule has 1 aromatic heterocycles. The molecule has 1 unspecified atom stereocenters. The highest BCUT2D eigenvalue weighted by molar-refractivity contribution is 6.30. The first-order valence-corrected chi connectivity index (χ1v) is 7.16. The summed E-state index contributed by atoms with van der Waals surface area (Å²) in [6.45, 7) is 3.02. The standard InChI is InChI=1S/C16H18ClFN2/c1-2-9-19-16(15-8-7-14(18)11-20-15)10-12-3-5-13(17)6-4-12/h3-8,11,16,19H,2,9-10H2,1H3. The summed E-state index contributed by atoms with van der Waals surface area (Å²) in [7, 11) is 0. The van der Waals surface area contributed by atoms with Crippen LogP contribution in [-0.4, -0.2) is 11.5 Å². The zero-order valence-electron chi connectivity index (χ0n) is 11.4. The number of nitrogens with zero attached hydrogens (tertiary/aromatic N) is 1. The molecule has 4 heteroatoms. The summed E-state index contributed by atoms with van der Waals surface area (Å²) in [5.41, 5.74) is 2.03. The van der Waals surface area contributed by atoms with Gasteiger partial charge in [-0.3, -0.25) is 4.98 Å². The van der Waals surface area contributed by atoms with Crippen LogP contribution in [0.15, 0.2) is 42.6 Å². The predicted octanol–water partition coefficient (Wildman–Crippen LogP) is 4.16. The second-order valence-corrected chi connectivity index (χ2v) is 5.18. The van der Waals surface area contributed by atoms with E-state index in [4.69, 9.17) is 11.6 Å². The molecule has 0 saturated heterocycles. The van der Waals surface area contributed by atoms with Gasteiger partial charge in [-0.15, -0.1) is 0 Å². The second kappa shape index (κ2) is 7.36. The van der Waals surface area contributed by atoms with Gasteiger partial charge in [0.25, 0.3) is 0 Å². The molecule has 1 N–H and O–H groups in total. The Balaban J connectivity index is 2.14. The highest BCUT2D eigenvalue weighted by Crippen LogP contribution is 2.18. The molecule has 0 saturated carbocycles. The molecule has 1 aromatic carbocycles. The quantitative estimate of drug-likeness (QED) is 0.865. The molecule has 0 aliphatic rings. The lowest BCUT2D eigenvalue weighted by molar-refractivity contribution is 0.514. The Morgan fingerprint density at radius 1 is 1.20 bits per heavy atom. The summed E-state index contributed by atoms with van der Waals surface area (Å²) in [4.78, 5) is 4.18. The molecule has 2 rings (SSSR count). The van der Waals surface area contributed by atoms with Crippen molar-refractivity contribution in [3.8, 4) is 0 Å². The fourth-order valence-corrected chi connectivity index (χ4v) is 2.18. The van der Waals surface area contributed by atoms with Crippen molar-refractivity contribution in [1.82, 2.24) is 10.3 Å². The molecule has 106 valence electrons. The Kier molecular flexibility index (Phi) is 5.50. The van der Waals surface area contributed by atoms with Crippen LogP contribution in [0.3, 0.4) is 0 Å². The first kappa shape index (κ1) is 14.9. The lowest BCUT2D eigenvalue weighted by Gasteiger charge is -2.18. The molecule has 0 aliphatic carbocycles. The molecule has 0 spiro atoms. The van der Waals surface area contributed by atoms with Gasteiger partial charge in [-0.05, 0) is 49.2 Å². The normalized spacial score (nSPS) is 12.3. The third-order valence-corrected chi connectivity index (χ3v) is 3.35. The van der Waals surface area contributed by atoms with E-state index in [1.54, 1.807) is 6.07 Å². The van der Waals surface area contributed by atoms with E-state index in [0.717, 1.165) is 30.1 Å². The van der Waals surface area contributed by atoms with Gasteiger partial charge in [-0.2, -0.15) is 0 Å². The number of halogens is 2. The molecule has 2 aromatic rings. The largest absolute Gasteiger partial charge is 0.308 e. The second-order valence-electron chi connectivity index (χ2n) is 4.74. The number of rotatable bonds is 6. The van der Waals surface area contributed by atoms with Crippen LogP contribution in [0.1, 0.15) is 30.6 Å². The van der Waals surface area contributed by atoms with Gasteiger partial charge in [0.2, 0.25) is 0 Å². The minimum absolute atomic E-state index is 0.0803. The van der Waals surface area contributed by atoms with E-state index in [1.807, 2.05) is 24.3 Å². The number of pyridine rings is 1. The van der Waals surface area contributed by atoms with Crippen molar-refractivity contribution < 1.29 is 4.39 Å². The molecule has 2 nitrogen and oxygen atoms in total. The maximum atomic E-state index is 13.0. The lowest BCUT2D eigenvalue weighted by atomic mass is 10.0. The molecular formula is C16H18ClFN2. The van der Waals surface area contributed by atoms with Crippen molar-refractivity contribution in [2.75, 3.05) is 6.54 Å². The Morgan fingerprint density at radius 3 is 2.55 bits per heavy atom. The summed E-state index contributed by atoms with van der Waals surface area (Å²) in [6.07, 6.45) is 3.10. The van der Waals surface area contributed by atoms with Crippen molar-refractivity contribution in [3.05, 3.63) is 64.7 Å². The number of aromatic nitrogens is 1. The molecule has 0 aliphatic heterocycles. The monoisotopic (exact) mass is 292 g/mol. The van der Waals surface area contributed by atoms with Crippen molar-refractivity contribution in [2.45, 2.75) is 25.8 Å². The first-order valence-electron chi connectivity index (χ1n) is 6.78. The lowest BCUT2D eigenvalue weighted by Crippen LogP contribution is -2.25. The number of nitrogens with one attached hydrogen (secondary N) is 1. The van der Waals surface area contributed by atoms with Crippen molar-refractivity contribution >= 4 is 11.6 Å². The zero-order valence-corrected chi connectivity index (χ0v) is 12.2. The van der Waals surface area contributed by atoms with E-state index < -0.39 is 0 Å². The number of hydrogen-bond donors (Lipinski definition) is 1. The third-order valence-electron chi connectivity index (χ3n) is 3.10. The maximum Gasteiger partial charge on any atom is 0.141 e. The van der Waals surface area contributed by atoms with Gasteiger partial charge >= 0.3 is 0 Å². The van der Waals surface area contributed by atoms with Crippen LogP contribution < -0.4 is 5.32 Å². The SMILES string of the molecule is CCCNC(Cc1ccc(Cl)cc1)c1ccc(F)cn1. The molecule has 0 radical (unpaired) electrons. The molecule has 20 heavy (non-hydrogen) atoms. The smallest absolute Gasteiger partial charge is 0.141 e. The van der Waals surface area contributed by atoms with Crippen LogP contribution in [-0.2, 0) is 6.42 Å². The van der Waals surface area contributed by atoms with Gasteiger partial charge in [0.15, 0.2) is 0 Å². The van der Waals surface area contributed by atoms with Crippen LogP contribution >= 0.6 is 11.6 Å². The van der Waals surface area contributed by atoms with Crippen molar-refractivity contribution in [1.29, 1.82) is 0 Å². The highest BCUT2D eigenvalue weighted by Gasteiger charge is 2.13. The van der Waals surface area contributed by atoms with Gasteiger partial charge in [0.05, 0.1) is 17.9 Å². The summed E-state index contributed by atoms with van der Waals surface area (Å²) in [6, 6.07) is 11.0. The van der Waals surface area contributed by atoms with E-state index in [-0.39, 0.29) is 11.9 Å². The maximum absolute atomic E-state index is 13.0. The zero-order chi connectivity index (χ0) is 14.4. The molecule has 1 atom stereocenters. The van der Waals surface area contributed by atoms with Crippen molar-refractivity contribution in [2.24, 2.45) is 0 Å². The molecule has 0 fully saturated rings. The Labute approximate surface area is 124 Å². The van der Waals surface area contributed by atoms with Crippen LogP contribution in [0.2, 0.25) is 5.02 Å². The van der Waals surface area contributed by atoms with Crippen LogP contribution in [0.4, 0.5) is 4.39 Å². The van der Waals surface area contributed by atoms with E-state index in [1.165, 1.54) is 17.8 Å². The number of benzene rings is 1. The van der Waals surface area contributed by atoms with E-state index >= 15 is 0 Å². The predicted molar refractivity (Wildman–Crippen MR) is 80.4 cm³/mol. The summed E-state index contributed by atoms with van der Waals surface area (Å²) in [5, 5.41) is 4.18. The highest BCUT2D eigenvalue weighted by atomic mass is 35.5. The fraction of sp³-hybridized carbons (Fsp3) is 0.312. The van der Waals surface area contributed by atoms with Gasteiger partial charge in [-0.25, -0.2) is 4.39 Å². The van der Waals surface area contributed by atoms with Gasteiger partial charge in [-0.1, -0.05) is 30.7 Å². The fourth-order valence-electron chi connectivity index (χ4n) is 2.05. The number of hydrogen-bond acceptors (Lipinski definition) is 2. The Bertz CT molecular complexity index is 525. The minimum atomic E-state index is -0.311. The van der Waals surface area contributed by atoms with E-state index in [2.05, 4.69) is 17.2 Å².